The van der Waals surface area contributed by atoms with Crippen molar-refractivity contribution in [1.29, 1.82) is 0 Å². The SMILES string of the molecule is CCOC(CC)(C(C)=O)C(=O)OC. The van der Waals surface area contributed by atoms with E-state index in [9.17, 15) is 9.59 Å². The third-order valence-electron chi connectivity index (χ3n) is 1.97. The molecule has 0 heterocycles. The van der Waals surface area contributed by atoms with Gasteiger partial charge in [-0.15, -0.1) is 0 Å². The molecule has 0 rings (SSSR count). The number of ether oxygens (including phenoxy) is 2. The van der Waals surface area contributed by atoms with E-state index in [0.717, 1.165) is 0 Å². The molecule has 0 aromatic carbocycles. The van der Waals surface area contributed by atoms with Crippen LogP contribution in [0.2, 0.25) is 0 Å². The molecule has 0 saturated carbocycles. The first-order valence-electron chi connectivity index (χ1n) is 4.28. The van der Waals surface area contributed by atoms with E-state index in [1.54, 1.807) is 13.8 Å². The smallest absolute Gasteiger partial charge is 0.345 e. The summed E-state index contributed by atoms with van der Waals surface area (Å²) in [5, 5.41) is 0. The molecule has 0 aliphatic heterocycles. The number of hydrogen-bond acceptors (Lipinski definition) is 4. The molecule has 1 atom stereocenters. The zero-order valence-corrected chi connectivity index (χ0v) is 8.55. The van der Waals surface area contributed by atoms with Crippen LogP contribution in [0.5, 0.6) is 0 Å². The first-order chi connectivity index (χ1) is 6.05. The second-order valence-electron chi connectivity index (χ2n) is 2.66. The number of rotatable bonds is 5. The van der Waals surface area contributed by atoms with Crippen LogP contribution in [0.1, 0.15) is 27.2 Å². The van der Waals surface area contributed by atoms with Crippen LogP contribution >= 0.6 is 0 Å². The number of hydrogen-bond donors (Lipinski definition) is 0. The van der Waals surface area contributed by atoms with E-state index in [1.165, 1.54) is 14.0 Å². The van der Waals surface area contributed by atoms with Gasteiger partial charge in [0.15, 0.2) is 5.78 Å². The molecule has 4 heteroatoms. The number of methoxy groups -OCH3 is 1. The lowest BCUT2D eigenvalue weighted by Gasteiger charge is -2.26. The molecule has 0 radical (unpaired) electrons. The van der Waals surface area contributed by atoms with Crippen molar-refractivity contribution >= 4 is 11.8 Å². The molecule has 0 N–H and O–H groups in total. The summed E-state index contributed by atoms with van der Waals surface area (Å²) in [5.41, 5.74) is -1.40. The summed E-state index contributed by atoms with van der Waals surface area (Å²) in [6, 6.07) is 0. The van der Waals surface area contributed by atoms with Crippen molar-refractivity contribution in [2.45, 2.75) is 32.8 Å². The van der Waals surface area contributed by atoms with Crippen molar-refractivity contribution in [3.63, 3.8) is 0 Å². The maximum atomic E-state index is 11.3. The fourth-order valence-corrected chi connectivity index (χ4v) is 1.21. The molecular weight excluding hydrogens is 172 g/mol. The van der Waals surface area contributed by atoms with Gasteiger partial charge in [0, 0.05) is 6.61 Å². The van der Waals surface area contributed by atoms with Gasteiger partial charge in [0.1, 0.15) is 0 Å². The largest absolute Gasteiger partial charge is 0.467 e. The lowest BCUT2D eigenvalue weighted by Crippen LogP contribution is -2.48. The number of Topliss-reactive ketones (excluding diaryl/α,β-unsaturated/α-hetero) is 1. The summed E-state index contributed by atoms with van der Waals surface area (Å²) in [6.07, 6.45) is 0.294. The summed E-state index contributed by atoms with van der Waals surface area (Å²) in [4.78, 5) is 22.6. The van der Waals surface area contributed by atoms with E-state index in [2.05, 4.69) is 4.74 Å². The Labute approximate surface area is 78.2 Å². The van der Waals surface area contributed by atoms with Gasteiger partial charge in [-0.05, 0) is 20.3 Å². The average molecular weight is 188 g/mol. The zero-order valence-electron chi connectivity index (χ0n) is 8.55. The lowest BCUT2D eigenvalue weighted by molar-refractivity contribution is -0.174. The molecular formula is C9H16O4. The Morgan fingerprint density at radius 2 is 1.85 bits per heavy atom. The molecule has 1 unspecified atom stereocenters. The Morgan fingerprint density at radius 3 is 2.08 bits per heavy atom. The van der Waals surface area contributed by atoms with Crippen molar-refractivity contribution in [3.05, 3.63) is 0 Å². The van der Waals surface area contributed by atoms with Crippen LogP contribution in [-0.4, -0.2) is 31.1 Å². The third kappa shape index (κ3) is 2.28. The summed E-state index contributed by atoms with van der Waals surface area (Å²) in [6.45, 7) is 5.09. The second kappa shape index (κ2) is 4.97. The van der Waals surface area contributed by atoms with Crippen LogP contribution in [0.4, 0.5) is 0 Å². The monoisotopic (exact) mass is 188 g/mol. The van der Waals surface area contributed by atoms with Gasteiger partial charge in [0.05, 0.1) is 7.11 Å². The van der Waals surface area contributed by atoms with Crippen molar-refractivity contribution in [3.8, 4) is 0 Å². The Kier molecular flexibility index (Phi) is 4.62. The van der Waals surface area contributed by atoms with Gasteiger partial charge in [0.25, 0.3) is 0 Å². The number of carbonyl (C=O) groups excluding carboxylic acids is 2. The Balaban J connectivity index is 4.85. The van der Waals surface area contributed by atoms with Crippen molar-refractivity contribution in [1.82, 2.24) is 0 Å². The summed E-state index contributed by atoms with van der Waals surface area (Å²) >= 11 is 0. The third-order valence-corrected chi connectivity index (χ3v) is 1.97. The summed E-state index contributed by atoms with van der Waals surface area (Å²) < 4.78 is 9.70. The van der Waals surface area contributed by atoms with E-state index in [0.29, 0.717) is 13.0 Å². The molecule has 0 bridgehead atoms. The molecule has 0 fully saturated rings. The zero-order chi connectivity index (χ0) is 10.5. The molecule has 0 aromatic rings. The molecule has 76 valence electrons. The maximum absolute atomic E-state index is 11.3. The molecule has 0 spiro atoms. The highest BCUT2D eigenvalue weighted by Crippen LogP contribution is 2.19. The highest BCUT2D eigenvalue weighted by atomic mass is 16.6. The van der Waals surface area contributed by atoms with Gasteiger partial charge in [-0.25, -0.2) is 4.79 Å². The van der Waals surface area contributed by atoms with Crippen LogP contribution in [0.3, 0.4) is 0 Å². The molecule has 0 aromatic heterocycles. The van der Waals surface area contributed by atoms with Crippen LogP contribution in [-0.2, 0) is 19.1 Å². The van der Waals surface area contributed by atoms with E-state index >= 15 is 0 Å². The molecule has 0 aliphatic rings. The Bertz CT molecular complexity index is 200. The van der Waals surface area contributed by atoms with Crippen LogP contribution < -0.4 is 0 Å². The Morgan fingerprint density at radius 1 is 1.31 bits per heavy atom. The fraction of sp³-hybridized carbons (Fsp3) is 0.778. The highest BCUT2D eigenvalue weighted by molar-refractivity contribution is 6.06. The van der Waals surface area contributed by atoms with Crippen molar-refractivity contribution in [2.24, 2.45) is 0 Å². The summed E-state index contributed by atoms with van der Waals surface area (Å²) in [5.74, 6) is -0.937. The topological polar surface area (TPSA) is 52.6 Å². The summed E-state index contributed by atoms with van der Waals surface area (Å²) in [7, 11) is 1.24. The number of ketones is 1. The van der Waals surface area contributed by atoms with Gasteiger partial charge in [-0.2, -0.15) is 0 Å². The van der Waals surface area contributed by atoms with Crippen molar-refractivity contribution in [2.75, 3.05) is 13.7 Å². The predicted octanol–water partition coefficient (Wildman–Crippen LogP) is 0.934. The lowest BCUT2D eigenvalue weighted by atomic mass is 9.96. The molecule has 13 heavy (non-hydrogen) atoms. The van der Waals surface area contributed by atoms with E-state index in [-0.39, 0.29) is 5.78 Å². The van der Waals surface area contributed by atoms with Crippen LogP contribution in [0.25, 0.3) is 0 Å². The first-order valence-corrected chi connectivity index (χ1v) is 4.28. The minimum Gasteiger partial charge on any atom is -0.467 e. The van der Waals surface area contributed by atoms with Gasteiger partial charge in [-0.1, -0.05) is 6.92 Å². The molecule has 4 nitrogen and oxygen atoms in total. The predicted molar refractivity (Wildman–Crippen MR) is 47.3 cm³/mol. The van der Waals surface area contributed by atoms with E-state index in [4.69, 9.17) is 4.74 Å². The maximum Gasteiger partial charge on any atom is 0.345 e. The van der Waals surface area contributed by atoms with E-state index in [1.807, 2.05) is 0 Å². The van der Waals surface area contributed by atoms with Crippen molar-refractivity contribution < 1.29 is 19.1 Å². The standard InChI is InChI=1S/C9H16O4/c1-5-9(7(3)10,13-6-2)8(11)12-4/h5-6H2,1-4H3. The van der Waals surface area contributed by atoms with Gasteiger partial charge >= 0.3 is 5.97 Å². The number of carbonyl (C=O) groups is 2. The normalized spacial score (nSPS) is 14.8. The Hall–Kier alpha value is -0.900. The first kappa shape index (κ1) is 12.1. The molecule has 0 aliphatic carbocycles. The average Bonchev–Trinajstić information content (AvgIpc) is 2.12. The van der Waals surface area contributed by atoms with Crippen LogP contribution in [0, 0.1) is 0 Å². The minimum absolute atomic E-state index is 0.294. The van der Waals surface area contributed by atoms with Gasteiger partial charge in [-0.3, -0.25) is 4.79 Å². The van der Waals surface area contributed by atoms with Crippen LogP contribution in [0.15, 0.2) is 0 Å². The number of esters is 1. The quantitative estimate of drug-likeness (QED) is 0.476. The van der Waals surface area contributed by atoms with Gasteiger partial charge in [0.2, 0.25) is 5.60 Å². The molecule has 0 saturated heterocycles. The minimum atomic E-state index is -1.40. The van der Waals surface area contributed by atoms with E-state index < -0.39 is 11.6 Å². The highest BCUT2D eigenvalue weighted by Gasteiger charge is 2.43. The molecule has 0 amide bonds. The van der Waals surface area contributed by atoms with Gasteiger partial charge < -0.3 is 9.47 Å². The second-order valence-corrected chi connectivity index (χ2v) is 2.66. The fourth-order valence-electron chi connectivity index (χ4n) is 1.21.